The van der Waals surface area contributed by atoms with Crippen LogP contribution in [0.4, 0.5) is 0 Å². The van der Waals surface area contributed by atoms with E-state index in [9.17, 15) is 19.8 Å². The minimum Gasteiger partial charge on any atom is -0.504 e. The van der Waals surface area contributed by atoms with E-state index in [0.29, 0.717) is 0 Å². The molecule has 114 valence electrons. The quantitative estimate of drug-likeness (QED) is 0.725. The van der Waals surface area contributed by atoms with E-state index < -0.39 is 23.3 Å². The number of benzene rings is 1. The van der Waals surface area contributed by atoms with Gasteiger partial charge in [-0.15, -0.1) is 0 Å². The van der Waals surface area contributed by atoms with Crippen LogP contribution < -0.4 is 10.1 Å². The summed E-state index contributed by atoms with van der Waals surface area (Å²) in [6.07, 6.45) is 0. The van der Waals surface area contributed by atoms with Crippen molar-refractivity contribution in [3.8, 4) is 11.5 Å². The van der Waals surface area contributed by atoms with E-state index in [-0.39, 0.29) is 31.3 Å². The van der Waals surface area contributed by atoms with E-state index >= 15 is 0 Å². The Kier molecular flexibility index (Phi) is 4.32. The maximum atomic E-state index is 11.8. The normalized spacial score (nSPS) is 24.5. The van der Waals surface area contributed by atoms with E-state index in [1.807, 2.05) is 0 Å². The molecule has 21 heavy (non-hydrogen) atoms. The zero-order valence-electron chi connectivity index (χ0n) is 11.5. The van der Waals surface area contributed by atoms with Crippen molar-refractivity contribution >= 4 is 11.9 Å². The third-order valence-electron chi connectivity index (χ3n) is 3.50. The minimum absolute atomic E-state index is 0.0492. The van der Waals surface area contributed by atoms with Crippen molar-refractivity contribution in [3.05, 3.63) is 24.3 Å². The number of phenols is 1. The molecule has 7 nitrogen and oxygen atoms in total. The lowest BCUT2D eigenvalue weighted by Gasteiger charge is -2.25. The molecule has 1 aromatic carbocycles. The molecule has 0 aliphatic carbocycles. The standard InChI is InChI=1S/C14H17NO6/c1-14(13(18)19)8-20-6-11(14)15-12(17)7-21-10-5-3-2-4-9(10)16/h2-5,11,16H,6-8H2,1H3,(H,15,17)(H,18,19). The van der Waals surface area contributed by atoms with Gasteiger partial charge in [-0.25, -0.2) is 0 Å². The first-order chi connectivity index (χ1) is 9.93. The number of rotatable bonds is 5. The Labute approximate surface area is 121 Å². The van der Waals surface area contributed by atoms with Crippen LogP contribution in [0.15, 0.2) is 24.3 Å². The molecule has 1 saturated heterocycles. The molecule has 1 aliphatic rings. The number of nitrogens with one attached hydrogen (secondary N) is 1. The van der Waals surface area contributed by atoms with Gasteiger partial charge >= 0.3 is 5.97 Å². The third-order valence-corrected chi connectivity index (χ3v) is 3.50. The Bertz CT molecular complexity index is 546. The van der Waals surface area contributed by atoms with Crippen LogP contribution in [0.5, 0.6) is 11.5 Å². The van der Waals surface area contributed by atoms with Crippen LogP contribution in [0.2, 0.25) is 0 Å². The number of aromatic hydroxyl groups is 1. The van der Waals surface area contributed by atoms with Crippen molar-refractivity contribution in [2.45, 2.75) is 13.0 Å². The Balaban J connectivity index is 1.90. The molecule has 1 amide bonds. The smallest absolute Gasteiger partial charge is 0.313 e. The number of ether oxygens (including phenoxy) is 2. The molecule has 0 spiro atoms. The van der Waals surface area contributed by atoms with Crippen molar-refractivity contribution in [1.29, 1.82) is 0 Å². The third kappa shape index (κ3) is 3.25. The fraction of sp³-hybridized carbons (Fsp3) is 0.429. The minimum atomic E-state index is -1.15. The highest BCUT2D eigenvalue weighted by molar-refractivity contribution is 5.81. The number of hydrogen-bond donors (Lipinski definition) is 3. The number of phenolic OH excluding ortho intramolecular Hbond substituents is 1. The van der Waals surface area contributed by atoms with E-state index in [1.54, 1.807) is 12.1 Å². The van der Waals surface area contributed by atoms with Crippen molar-refractivity contribution in [3.63, 3.8) is 0 Å². The van der Waals surface area contributed by atoms with E-state index in [1.165, 1.54) is 19.1 Å². The van der Waals surface area contributed by atoms with Crippen molar-refractivity contribution < 1.29 is 29.3 Å². The second-order valence-corrected chi connectivity index (χ2v) is 5.11. The van der Waals surface area contributed by atoms with E-state index in [0.717, 1.165) is 0 Å². The molecule has 2 rings (SSSR count). The molecule has 0 saturated carbocycles. The van der Waals surface area contributed by atoms with Crippen molar-refractivity contribution in [2.75, 3.05) is 19.8 Å². The first-order valence-electron chi connectivity index (χ1n) is 6.45. The molecule has 2 unspecified atom stereocenters. The van der Waals surface area contributed by atoms with Crippen LogP contribution in [0.25, 0.3) is 0 Å². The Morgan fingerprint density at radius 2 is 2.19 bits per heavy atom. The molecule has 0 bridgehead atoms. The predicted octanol–water partition coefficient (Wildman–Crippen LogP) is 0.377. The predicted molar refractivity (Wildman–Crippen MR) is 72.1 cm³/mol. The maximum Gasteiger partial charge on any atom is 0.313 e. The molecule has 1 aliphatic heterocycles. The summed E-state index contributed by atoms with van der Waals surface area (Å²) in [6, 6.07) is 5.66. The average molecular weight is 295 g/mol. The molecule has 1 heterocycles. The summed E-state index contributed by atoms with van der Waals surface area (Å²) < 4.78 is 10.3. The Morgan fingerprint density at radius 3 is 2.86 bits per heavy atom. The highest BCUT2D eigenvalue weighted by atomic mass is 16.5. The van der Waals surface area contributed by atoms with Crippen LogP contribution in [-0.4, -0.2) is 48.0 Å². The van der Waals surface area contributed by atoms with Gasteiger partial charge in [0.05, 0.1) is 19.3 Å². The molecule has 1 aromatic rings. The fourth-order valence-electron chi connectivity index (χ4n) is 2.04. The molecular weight excluding hydrogens is 278 g/mol. The van der Waals surface area contributed by atoms with Gasteiger partial charge in [0.25, 0.3) is 5.91 Å². The Morgan fingerprint density at radius 1 is 1.48 bits per heavy atom. The lowest BCUT2D eigenvalue weighted by atomic mass is 9.85. The van der Waals surface area contributed by atoms with E-state index in [4.69, 9.17) is 9.47 Å². The van der Waals surface area contributed by atoms with Gasteiger partial charge in [-0.1, -0.05) is 12.1 Å². The van der Waals surface area contributed by atoms with Gasteiger partial charge < -0.3 is 25.0 Å². The molecular formula is C14H17NO6. The summed E-state index contributed by atoms with van der Waals surface area (Å²) in [7, 11) is 0. The second-order valence-electron chi connectivity index (χ2n) is 5.11. The van der Waals surface area contributed by atoms with Gasteiger partial charge in [0.1, 0.15) is 5.41 Å². The average Bonchev–Trinajstić information content (AvgIpc) is 2.81. The first-order valence-corrected chi connectivity index (χ1v) is 6.45. The molecule has 0 radical (unpaired) electrons. The largest absolute Gasteiger partial charge is 0.504 e. The highest BCUT2D eigenvalue weighted by Gasteiger charge is 2.47. The number of carboxylic acid groups (broad SMARTS) is 1. The lowest BCUT2D eigenvalue weighted by Crippen LogP contribution is -2.50. The molecule has 7 heteroatoms. The Hall–Kier alpha value is -2.28. The van der Waals surface area contributed by atoms with Crippen LogP contribution >= 0.6 is 0 Å². The monoisotopic (exact) mass is 295 g/mol. The molecule has 0 aromatic heterocycles. The van der Waals surface area contributed by atoms with Crippen molar-refractivity contribution in [1.82, 2.24) is 5.32 Å². The van der Waals surface area contributed by atoms with Gasteiger partial charge in [0, 0.05) is 0 Å². The van der Waals surface area contributed by atoms with Gasteiger partial charge in [-0.2, -0.15) is 0 Å². The number of carbonyl (C=O) groups is 2. The number of amides is 1. The van der Waals surface area contributed by atoms with Gasteiger partial charge in [-0.05, 0) is 19.1 Å². The summed E-state index contributed by atoms with van der Waals surface area (Å²) >= 11 is 0. The number of carbonyl (C=O) groups excluding carboxylic acids is 1. The highest BCUT2D eigenvalue weighted by Crippen LogP contribution is 2.29. The van der Waals surface area contributed by atoms with Gasteiger partial charge in [-0.3, -0.25) is 9.59 Å². The summed E-state index contributed by atoms with van der Waals surface area (Å²) in [6.45, 7) is 1.40. The van der Waals surface area contributed by atoms with Crippen LogP contribution in [0, 0.1) is 5.41 Å². The van der Waals surface area contributed by atoms with Crippen LogP contribution in [0.1, 0.15) is 6.92 Å². The van der Waals surface area contributed by atoms with Crippen LogP contribution in [0.3, 0.4) is 0 Å². The summed E-state index contributed by atoms with van der Waals surface area (Å²) in [5.74, 6) is -1.37. The summed E-state index contributed by atoms with van der Waals surface area (Å²) in [4.78, 5) is 23.1. The van der Waals surface area contributed by atoms with Crippen molar-refractivity contribution in [2.24, 2.45) is 5.41 Å². The van der Waals surface area contributed by atoms with Gasteiger partial charge in [0.15, 0.2) is 18.1 Å². The zero-order chi connectivity index (χ0) is 15.5. The summed E-state index contributed by atoms with van der Waals surface area (Å²) in [5.41, 5.74) is -1.15. The van der Waals surface area contributed by atoms with E-state index in [2.05, 4.69) is 5.32 Å². The number of carboxylic acids is 1. The fourth-order valence-corrected chi connectivity index (χ4v) is 2.04. The molecule has 2 atom stereocenters. The number of para-hydroxylation sites is 2. The number of hydrogen-bond acceptors (Lipinski definition) is 5. The number of aliphatic carboxylic acids is 1. The second kappa shape index (κ2) is 6.01. The maximum absolute atomic E-state index is 11.8. The first kappa shape index (κ1) is 15.1. The molecule has 1 fully saturated rings. The lowest BCUT2D eigenvalue weighted by molar-refractivity contribution is -0.149. The van der Waals surface area contributed by atoms with Gasteiger partial charge in [0.2, 0.25) is 0 Å². The topological polar surface area (TPSA) is 105 Å². The molecule has 3 N–H and O–H groups in total. The zero-order valence-corrected chi connectivity index (χ0v) is 11.5. The van der Waals surface area contributed by atoms with Crippen LogP contribution in [-0.2, 0) is 14.3 Å². The summed E-state index contributed by atoms with van der Waals surface area (Å²) in [5, 5.41) is 21.3. The SMILES string of the molecule is CC1(C(=O)O)COCC1NC(=O)COc1ccccc1O.